The minimum absolute atomic E-state index is 0.0549. The van der Waals surface area contributed by atoms with Crippen LogP contribution in [0.15, 0.2) is 40.6 Å². The lowest BCUT2D eigenvalue weighted by Gasteiger charge is -2.04. The second-order valence-electron chi connectivity index (χ2n) is 6.03. The van der Waals surface area contributed by atoms with Crippen molar-refractivity contribution in [1.29, 1.82) is 0 Å². The van der Waals surface area contributed by atoms with Gasteiger partial charge in [-0.05, 0) is 30.4 Å². The number of aryl methyl sites for hydroxylation is 1. The standard InChI is InChI=1S/C20H17N3O5S/c1-23-15(9-24)18(19(27)14-4-3-7-21-20(14)23)16(25)6-5-13-8-12(11-29-13)22-17(26)10-28-2/h3-8,11,25H,10H2,1-2H3,(H,22,26)/b6-5+,18-16?. The fraction of sp³-hybridized carbons (Fsp3) is 0.150. The highest BCUT2D eigenvalue weighted by atomic mass is 32.1. The van der Waals surface area contributed by atoms with Crippen molar-refractivity contribution in [3.63, 3.8) is 0 Å². The van der Waals surface area contributed by atoms with E-state index in [1.165, 1.54) is 35.3 Å². The van der Waals surface area contributed by atoms with Crippen LogP contribution in [0.4, 0.5) is 5.69 Å². The molecular weight excluding hydrogens is 394 g/mol. The maximum atomic E-state index is 12.8. The Balaban J connectivity index is 2.05. The summed E-state index contributed by atoms with van der Waals surface area (Å²) >= 11 is 1.33. The highest BCUT2D eigenvalue weighted by molar-refractivity contribution is 7.11. The van der Waals surface area contributed by atoms with Crippen molar-refractivity contribution in [2.24, 2.45) is 7.05 Å². The maximum absolute atomic E-state index is 12.8. The van der Waals surface area contributed by atoms with E-state index in [0.29, 0.717) is 11.3 Å². The molecular formula is C20H17N3O5S. The van der Waals surface area contributed by atoms with Crippen LogP contribution in [0.5, 0.6) is 0 Å². The molecule has 0 fully saturated rings. The van der Waals surface area contributed by atoms with E-state index in [-0.39, 0.29) is 34.2 Å². The third-order valence-corrected chi connectivity index (χ3v) is 4.98. The molecule has 8 nitrogen and oxygen atoms in total. The summed E-state index contributed by atoms with van der Waals surface area (Å²) in [6.07, 6.45) is 4.42. The first-order valence-electron chi connectivity index (χ1n) is 8.43. The molecule has 1 amide bonds. The van der Waals surface area contributed by atoms with Gasteiger partial charge in [0.1, 0.15) is 23.4 Å². The Morgan fingerprint density at radius 1 is 1.48 bits per heavy atom. The van der Waals surface area contributed by atoms with Crippen molar-refractivity contribution in [3.05, 3.63) is 61.5 Å². The molecule has 0 unspecified atom stereocenters. The average molecular weight is 411 g/mol. The Hall–Kier alpha value is -3.52. The largest absolute Gasteiger partial charge is 0.507 e. The molecule has 2 N–H and O–H groups in total. The van der Waals surface area contributed by atoms with Crippen molar-refractivity contribution in [1.82, 2.24) is 9.55 Å². The number of pyridine rings is 2. The monoisotopic (exact) mass is 411 g/mol. The van der Waals surface area contributed by atoms with Gasteiger partial charge in [-0.15, -0.1) is 11.3 Å². The average Bonchev–Trinajstić information content (AvgIpc) is 3.16. The summed E-state index contributed by atoms with van der Waals surface area (Å²) in [4.78, 5) is 40.7. The zero-order chi connectivity index (χ0) is 21.0. The molecule has 3 aromatic heterocycles. The molecule has 0 aromatic carbocycles. The molecule has 0 spiro atoms. The lowest BCUT2D eigenvalue weighted by Crippen LogP contribution is -2.47. The van der Waals surface area contributed by atoms with Crippen molar-refractivity contribution < 1.29 is 19.4 Å². The van der Waals surface area contributed by atoms with E-state index >= 15 is 0 Å². The quantitative estimate of drug-likeness (QED) is 0.631. The number of amides is 1. The van der Waals surface area contributed by atoms with Gasteiger partial charge in [-0.3, -0.25) is 9.59 Å². The summed E-state index contributed by atoms with van der Waals surface area (Å²) < 4.78 is 6.17. The highest BCUT2D eigenvalue weighted by Gasteiger charge is 2.10. The van der Waals surface area contributed by atoms with Gasteiger partial charge in [0.2, 0.25) is 11.3 Å². The van der Waals surface area contributed by atoms with Gasteiger partial charge in [-0.25, -0.2) is 9.78 Å². The lowest BCUT2D eigenvalue weighted by atomic mass is 10.2. The number of hydrogen-bond acceptors (Lipinski definition) is 7. The van der Waals surface area contributed by atoms with Crippen molar-refractivity contribution in [2.75, 3.05) is 19.0 Å². The van der Waals surface area contributed by atoms with Crippen molar-refractivity contribution in [2.45, 2.75) is 0 Å². The number of aliphatic hydroxyl groups is 1. The number of fused-ring (bicyclic) bond motifs is 1. The van der Waals surface area contributed by atoms with E-state index in [0.717, 1.165) is 4.88 Å². The van der Waals surface area contributed by atoms with Gasteiger partial charge >= 0.3 is 0 Å². The Morgan fingerprint density at radius 3 is 3.00 bits per heavy atom. The summed E-state index contributed by atoms with van der Waals surface area (Å²) in [5.41, 5.74) is 0.405. The number of ether oxygens (including phenoxy) is 1. The van der Waals surface area contributed by atoms with Gasteiger partial charge in [0.05, 0.1) is 16.3 Å². The van der Waals surface area contributed by atoms with Crippen LogP contribution in [-0.4, -0.2) is 40.2 Å². The number of carbonyl (C=O) groups excluding carboxylic acids is 2. The zero-order valence-corrected chi connectivity index (χ0v) is 16.4. The topological polar surface area (TPSA) is 111 Å². The molecule has 0 saturated heterocycles. The molecule has 3 rings (SSSR count). The zero-order valence-electron chi connectivity index (χ0n) is 15.6. The van der Waals surface area contributed by atoms with Crippen LogP contribution in [0, 0.1) is 0 Å². The predicted molar refractivity (Wildman–Crippen MR) is 111 cm³/mol. The second kappa shape index (κ2) is 8.66. The predicted octanol–water partition coefficient (Wildman–Crippen LogP) is 0.463. The van der Waals surface area contributed by atoms with Gasteiger partial charge in [-0.2, -0.15) is 0 Å². The van der Waals surface area contributed by atoms with Gasteiger partial charge in [0.25, 0.3) is 0 Å². The van der Waals surface area contributed by atoms with Crippen molar-refractivity contribution in [3.8, 4) is 0 Å². The number of anilines is 1. The van der Waals surface area contributed by atoms with E-state index in [1.807, 2.05) is 0 Å². The Kier molecular flexibility index (Phi) is 6.04. The van der Waals surface area contributed by atoms with Gasteiger partial charge in [-0.1, -0.05) is 0 Å². The van der Waals surface area contributed by atoms with Crippen LogP contribution < -0.4 is 21.3 Å². The molecule has 3 aromatic rings. The number of thiophene rings is 1. The van der Waals surface area contributed by atoms with E-state index in [4.69, 9.17) is 4.74 Å². The molecule has 0 bridgehead atoms. The van der Waals surface area contributed by atoms with E-state index in [1.54, 1.807) is 42.6 Å². The Labute approximate surface area is 168 Å². The minimum Gasteiger partial charge on any atom is -0.507 e. The van der Waals surface area contributed by atoms with Gasteiger partial charge in [0.15, 0.2) is 5.94 Å². The fourth-order valence-electron chi connectivity index (χ4n) is 2.79. The van der Waals surface area contributed by atoms with E-state index in [2.05, 4.69) is 10.3 Å². The maximum Gasteiger partial charge on any atom is 0.250 e. The SMILES string of the molecule is COCC(=O)Nc1csc(/C=C/C(O)=c2c(=O)c3cccnc3n(C)c2=C=O)c1. The number of aliphatic hydroxyl groups excluding tert-OH is 1. The summed E-state index contributed by atoms with van der Waals surface area (Å²) in [5.74, 6) is 1.06. The molecule has 0 atom stereocenters. The number of methoxy groups -OCH3 is 1. The van der Waals surface area contributed by atoms with Crippen LogP contribution in [0.2, 0.25) is 0 Å². The number of rotatable bonds is 5. The smallest absolute Gasteiger partial charge is 0.250 e. The molecule has 0 radical (unpaired) electrons. The summed E-state index contributed by atoms with van der Waals surface area (Å²) in [6, 6.07) is 4.89. The third-order valence-electron chi connectivity index (χ3n) is 4.09. The molecule has 0 aliphatic rings. The van der Waals surface area contributed by atoms with Gasteiger partial charge in [0, 0.05) is 30.6 Å². The van der Waals surface area contributed by atoms with Gasteiger partial charge < -0.3 is 19.7 Å². The van der Waals surface area contributed by atoms with Crippen LogP contribution in [0.25, 0.3) is 22.9 Å². The molecule has 0 saturated carbocycles. The highest BCUT2D eigenvalue weighted by Crippen LogP contribution is 2.21. The van der Waals surface area contributed by atoms with Crippen LogP contribution in [0.1, 0.15) is 4.88 Å². The molecule has 29 heavy (non-hydrogen) atoms. The minimum atomic E-state index is -0.509. The van der Waals surface area contributed by atoms with E-state index in [9.17, 15) is 19.5 Å². The normalized spacial score (nSPS) is 12.2. The molecule has 9 heteroatoms. The molecule has 0 aliphatic heterocycles. The molecule has 148 valence electrons. The number of hydrogen-bond donors (Lipinski definition) is 2. The Morgan fingerprint density at radius 2 is 2.28 bits per heavy atom. The van der Waals surface area contributed by atoms with Crippen LogP contribution >= 0.6 is 11.3 Å². The fourth-order valence-corrected chi connectivity index (χ4v) is 3.52. The number of carbonyl (C=O) groups is 1. The van der Waals surface area contributed by atoms with Crippen LogP contribution in [-0.2, 0) is 21.4 Å². The summed E-state index contributed by atoms with van der Waals surface area (Å²) in [7, 11) is 3.00. The first-order chi connectivity index (χ1) is 14.0. The van der Waals surface area contributed by atoms with Crippen LogP contribution in [0.3, 0.4) is 0 Å². The number of aromatic nitrogens is 2. The number of nitrogens with zero attached hydrogens (tertiary/aromatic N) is 2. The number of nitrogens with one attached hydrogen (secondary N) is 1. The third kappa shape index (κ3) is 4.17. The molecule has 0 aliphatic carbocycles. The first-order valence-corrected chi connectivity index (χ1v) is 9.31. The van der Waals surface area contributed by atoms with E-state index < -0.39 is 5.43 Å². The summed E-state index contributed by atoms with van der Waals surface area (Å²) in [5, 5.41) is 15.0. The molecule has 3 heterocycles. The first kappa shape index (κ1) is 20.2. The Bertz CT molecular complexity index is 1320. The lowest BCUT2D eigenvalue weighted by molar-refractivity contribution is -0.119. The summed E-state index contributed by atoms with van der Waals surface area (Å²) in [6.45, 7) is -0.0549. The second-order valence-corrected chi connectivity index (χ2v) is 6.97. The van der Waals surface area contributed by atoms with Crippen molar-refractivity contribution >= 4 is 51.7 Å².